The first-order valence-corrected chi connectivity index (χ1v) is 20.9. The molecule has 3 saturated heterocycles. The van der Waals surface area contributed by atoms with Crippen LogP contribution in [-0.4, -0.2) is 199 Å². The fourth-order valence-corrected chi connectivity index (χ4v) is 7.56. The maximum absolute atomic E-state index is 14.2. The van der Waals surface area contributed by atoms with E-state index in [1.54, 1.807) is 0 Å². The molecule has 3 aromatic carbocycles. The van der Waals surface area contributed by atoms with Crippen molar-refractivity contribution < 1.29 is 118 Å². The minimum atomic E-state index is -2.01. The highest BCUT2D eigenvalue weighted by molar-refractivity contribution is 5.89. The first-order valence-electron chi connectivity index (χ1n) is 20.9. The molecule has 0 aliphatic carbocycles. The van der Waals surface area contributed by atoms with Crippen LogP contribution in [0.2, 0.25) is 0 Å². The molecule has 0 saturated carbocycles. The van der Waals surface area contributed by atoms with Gasteiger partial charge in [-0.2, -0.15) is 0 Å². The Balaban J connectivity index is 1.14. The van der Waals surface area contributed by atoms with Crippen molar-refractivity contribution >= 4 is 23.0 Å². The average molecular weight is 979 g/mol. The zero-order chi connectivity index (χ0) is 50.0. The lowest BCUT2D eigenvalue weighted by atomic mass is 9.99. The van der Waals surface area contributed by atoms with E-state index in [4.69, 9.17) is 47.0 Å². The molecule has 3 aliphatic heterocycles. The second-order valence-electron chi connectivity index (χ2n) is 15.9. The van der Waals surface area contributed by atoms with Crippen LogP contribution in [-0.2, 0) is 23.7 Å². The summed E-state index contributed by atoms with van der Waals surface area (Å²) in [4.78, 5) is 26.9. The van der Waals surface area contributed by atoms with Crippen LogP contribution in [0, 0.1) is 0 Å². The number of carbonyl (C=O) groups is 1. The fraction of sp³-hybridized carbons (Fsp3) is 0.455. The van der Waals surface area contributed by atoms with Crippen LogP contribution < -0.4 is 29.1 Å². The van der Waals surface area contributed by atoms with E-state index >= 15 is 0 Å². The highest BCUT2D eigenvalue weighted by Gasteiger charge is 2.48. The monoisotopic (exact) mass is 978 g/mol. The third kappa shape index (κ3) is 10.5. The summed E-state index contributed by atoms with van der Waals surface area (Å²) in [7, 11) is 2.64. The van der Waals surface area contributed by atoms with E-state index in [9.17, 15) is 76.0 Å². The number of phenols is 2. The quantitative estimate of drug-likeness (QED) is 0.0410. The molecule has 13 N–H and O–H groups in total. The van der Waals surface area contributed by atoms with Crippen molar-refractivity contribution in [2.45, 2.75) is 92.1 Å². The van der Waals surface area contributed by atoms with Crippen molar-refractivity contribution in [3.8, 4) is 51.6 Å². The van der Waals surface area contributed by atoms with Crippen LogP contribution in [0.1, 0.15) is 5.56 Å². The average Bonchev–Trinajstić information content (AvgIpc) is 3.34. The molecular formula is C44H50O25. The van der Waals surface area contributed by atoms with Gasteiger partial charge in [0.15, 0.2) is 17.3 Å². The van der Waals surface area contributed by atoms with Crippen molar-refractivity contribution in [2.75, 3.05) is 34.0 Å². The summed E-state index contributed by atoms with van der Waals surface area (Å²) in [6.45, 7) is -2.25. The summed E-state index contributed by atoms with van der Waals surface area (Å²) in [5.74, 6) is -3.37. The number of aliphatic hydroxyl groups is 11. The summed E-state index contributed by atoms with van der Waals surface area (Å²) in [6.07, 6.45) is -23.9. The summed E-state index contributed by atoms with van der Waals surface area (Å²) in [6, 6.07) is 9.95. The van der Waals surface area contributed by atoms with E-state index in [-0.39, 0.29) is 34.3 Å². The second-order valence-corrected chi connectivity index (χ2v) is 15.9. The van der Waals surface area contributed by atoms with Crippen LogP contribution in [0.5, 0.6) is 40.2 Å². The number of benzene rings is 3. The van der Waals surface area contributed by atoms with Gasteiger partial charge < -0.3 is 113 Å². The summed E-state index contributed by atoms with van der Waals surface area (Å²) < 4.78 is 55.3. The first kappa shape index (κ1) is 51.0. The van der Waals surface area contributed by atoms with E-state index in [1.165, 1.54) is 56.7 Å². The number of hydrogen-bond acceptors (Lipinski definition) is 25. The number of aliphatic hydroxyl groups excluding tert-OH is 11. The number of fused-ring (bicyclic) bond motifs is 1. The van der Waals surface area contributed by atoms with Crippen molar-refractivity contribution in [3.05, 3.63) is 70.4 Å². The molecule has 3 aliphatic rings. The summed E-state index contributed by atoms with van der Waals surface area (Å²) in [5.41, 5.74) is -1.11. The molecule has 376 valence electrons. The Kier molecular flexibility index (Phi) is 15.8. The Bertz CT molecular complexity index is 2480. The molecule has 3 fully saturated rings. The molecular weight excluding hydrogens is 928 g/mol. The zero-order valence-corrected chi connectivity index (χ0v) is 36.3. The highest BCUT2D eigenvalue weighted by atomic mass is 16.7. The third-order valence-electron chi connectivity index (χ3n) is 11.4. The Labute approximate surface area is 388 Å². The smallest absolute Gasteiger partial charge is 0.330 e. The molecule has 15 atom stereocenters. The Morgan fingerprint density at radius 2 is 1.12 bits per heavy atom. The summed E-state index contributed by atoms with van der Waals surface area (Å²) >= 11 is 0. The van der Waals surface area contributed by atoms with Gasteiger partial charge in [-0.05, 0) is 48.0 Å². The van der Waals surface area contributed by atoms with E-state index < -0.39 is 152 Å². The maximum Gasteiger partial charge on any atom is 0.330 e. The number of aromatic hydroxyl groups is 2. The lowest BCUT2D eigenvalue weighted by molar-refractivity contribution is -0.278. The van der Waals surface area contributed by atoms with E-state index in [2.05, 4.69) is 0 Å². The molecule has 0 bridgehead atoms. The van der Waals surface area contributed by atoms with Crippen LogP contribution in [0.3, 0.4) is 0 Å². The van der Waals surface area contributed by atoms with Crippen molar-refractivity contribution in [1.29, 1.82) is 0 Å². The number of rotatable bonds is 15. The molecule has 7 rings (SSSR count). The van der Waals surface area contributed by atoms with E-state index in [0.717, 1.165) is 18.2 Å². The van der Waals surface area contributed by atoms with Gasteiger partial charge in [-0.15, -0.1) is 0 Å². The number of methoxy groups -OCH3 is 2. The van der Waals surface area contributed by atoms with Gasteiger partial charge in [0.05, 0.1) is 27.4 Å². The summed E-state index contributed by atoms with van der Waals surface area (Å²) in [5, 5.41) is 135. The number of carbonyl (C=O) groups excluding carboxylic acids is 1. The lowest BCUT2D eigenvalue weighted by Crippen LogP contribution is -2.60. The molecule has 4 heterocycles. The van der Waals surface area contributed by atoms with Gasteiger partial charge in [-0.1, -0.05) is 0 Å². The van der Waals surface area contributed by atoms with Gasteiger partial charge in [0.2, 0.25) is 35.8 Å². The normalized spacial score (nSPS) is 31.6. The van der Waals surface area contributed by atoms with Gasteiger partial charge in [0.25, 0.3) is 0 Å². The molecule has 0 spiro atoms. The molecule has 0 radical (unpaired) electrons. The van der Waals surface area contributed by atoms with Crippen molar-refractivity contribution in [1.82, 2.24) is 0 Å². The molecule has 25 heteroatoms. The maximum atomic E-state index is 14.2. The van der Waals surface area contributed by atoms with E-state index in [0.29, 0.717) is 5.56 Å². The van der Waals surface area contributed by atoms with Crippen LogP contribution in [0.15, 0.2) is 63.8 Å². The Hall–Kier alpha value is -5.88. The van der Waals surface area contributed by atoms with Gasteiger partial charge in [0, 0.05) is 23.8 Å². The largest absolute Gasteiger partial charge is 0.507 e. The first-order chi connectivity index (χ1) is 32.9. The molecule has 0 unspecified atom stereocenters. The molecule has 0 amide bonds. The molecule has 1 aromatic heterocycles. The van der Waals surface area contributed by atoms with Gasteiger partial charge in [0.1, 0.15) is 108 Å². The van der Waals surface area contributed by atoms with Gasteiger partial charge in [-0.25, -0.2) is 4.79 Å². The van der Waals surface area contributed by atoms with Gasteiger partial charge in [-0.3, -0.25) is 4.79 Å². The fourth-order valence-electron chi connectivity index (χ4n) is 7.56. The highest BCUT2D eigenvalue weighted by Crippen LogP contribution is 2.40. The van der Waals surface area contributed by atoms with Crippen LogP contribution >= 0.6 is 0 Å². The Morgan fingerprint density at radius 1 is 0.623 bits per heavy atom. The zero-order valence-electron chi connectivity index (χ0n) is 36.3. The minimum absolute atomic E-state index is 0.00305. The number of hydrogen-bond donors (Lipinski definition) is 13. The molecule has 25 nitrogen and oxygen atoms in total. The third-order valence-corrected chi connectivity index (χ3v) is 11.4. The number of phenolic OH excluding ortho intramolecular Hbond substituents is 2. The topological polar surface area (TPSA) is 393 Å². The molecule has 4 aromatic rings. The SMILES string of the molecule is COc1cc(C=CC(=O)OC[C@@H]2O[C@H](Oc3ccc(-c4oc5cc(O[C@@H]6O[C@@H](CO)[C@H](O)[C@H](O)[C@H]6O)cc(O)c5c(=O)c4O[C@H]4O[C@@H](CO)[C@H](O)[C@@H](O)[C@@H]4O)cc3)[C@@H](O)[C@H](O)[C@H]2O)cc(OC)c1O. The predicted octanol–water partition coefficient (Wildman–Crippen LogP) is -3.31. The van der Waals surface area contributed by atoms with Crippen LogP contribution in [0.25, 0.3) is 28.4 Å². The lowest BCUT2D eigenvalue weighted by Gasteiger charge is -2.39. The predicted molar refractivity (Wildman–Crippen MR) is 227 cm³/mol. The standard InChI is InChI=1S/C44H50O25/c1-60-22-9-16(10-23(61-2)29(22)49)3-8-27(48)62-15-26-32(52)36(56)38(58)42(68-26)63-18-6-4-17(5-7-18)40-41(69-44-39(59)35(55)31(51)25(14-46)67-44)33(53)28-20(47)11-19(12-21(28)65-40)64-43-37(57)34(54)30(50)24(13-45)66-43/h3-12,24-26,30-32,34-39,42-47,49-52,54-59H,13-15H2,1-2H3/t24-,25-,26-,30-,31-,32-,34-,35+,36+,37+,38-,39-,42-,43+,44+/m0/s1. The second kappa shape index (κ2) is 21.4. The van der Waals surface area contributed by atoms with Gasteiger partial charge >= 0.3 is 5.97 Å². The van der Waals surface area contributed by atoms with Crippen molar-refractivity contribution in [2.24, 2.45) is 0 Å². The number of esters is 1. The minimum Gasteiger partial charge on any atom is -0.507 e. The number of ether oxygens (including phenoxy) is 9. The molecule has 69 heavy (non-hydrogen) atoms. The van der Waals surface area contributed by atoms with E-state index in [1.807, 2.05) is 0 Å². The van der Waals surface area contributed by atoms with Crippen LogP contribution in [0.4, 0.5) is 0 Å². The Morgan fingerprint density at radius 3 is 1.64 bits per heavy atom. The van der Waals surface area contributed by atoms with Crippen molar-refractivity contribution in [3.63, 3.8) is 0 Å².